The van der Waals surface area contributed by atoms with Crippen molar-refractivity contribution in [3.05, 3.63) is 16.1 Å². The van der Waals surface area contributed by atoms with E-state index in [1.54, 1.807) is 13.8 Å². The minimum atomic E-state index is -1.19. The number of methoxy groups -OCH3 is 1. The summed E-state index contributed by atoms with van der Waals surface area (Å²) >= 11 is 1.45. The lowest BCUT2D eigenvalue weighted by Crippen LogP contribution is -2.57. The van der Waals surface area contributed by atoms with Crippen molar-refractivity contribution in [3.8, 4) is 0 Å². The molecule has 0 saturated carbocycles. The van der Waals surface area contributed by atoms with Gasteiger partial charge in [0, 0.05) is 43.0 Å². The maximum absolute atomic E-state index is 13.7. The third kappa shape index (κ3) is 17.3. The minimum Gasteiger partial charge on any atom is -0.447 e. The second kappa shape index (κ2) is 22.4. The Hall–Kier alpha value is -3.30. The smallest absolute Gasteiger partial charge is 0.407 e. The standard InChI is InChI=1S/C34H60N6O8S/c1-19(2)13-25(27(41)14-22(7)31(43)40-29(21(5)6)33(45)35-16-20(3)4)38-32(44)26(17-36-34(46)48-12-11-47-10)39-30(42)23(8)15-28-37-24(9)18-49-28/h18-23,25-27,29,41H,11-17H2,1-10H3,(H,35,45)(H,36,46)(H,38,44)(H,39,42)(H,40,43). The van der Waals surface area contributed by atoms with Gasteiger partial charge in [-0.2, -0.15) is 0 Å². The molecule has 1 heterocycles. The summed E-state index contributed by atoms with van der Waals surface area (Å²) in [5, 5.41) is 27.8. The number of aryl methyl sites for hydroxylation is 1. The molecule has 6 N–H and O–H groups in total. The van der Waals surface area contributed by atoms with E-state index in [2.05, 4.69) is 31.6 Å². The number of alkyl carbamates (subject to hydrolysis) is 1. The number of aliphatic hydroxyl groups is 1. The molecule has 6 unspecified atom stereocenters. The quantitative estimate of drug-likeness (QED) is 0.0978. The van der Waals surface area contributed by atoms with E-state index in [1.165, 1.54) is 18.4 Å². The summed E-state index contributed by atoms with van der Waals surface area (Å²) in [7, 11) is 1.47. The Balaban J connectivity index is 3.05. The maximum atomic E-state index is 13.7. The molecule has 0 radical (unpaired) electrons. The maximum Gasteiger partial charge on any atom is 0.407 e. The lowest BCUT2D eigenvalue weighted by atomic mass is 9.91. The number of nitrogens with one attached hydrogen (secondary N) is 5. The fourth-order valence-corrected chi connectivity index (χ4v) is 5.71. The van der Waals surface area contributed by atoms with Crippen LogP contribution in [0.15, 0.2) is 5.38 Å². The zero-order valence-electron chi connectivity index (χ0n) is 30.9. The van der Waals surface area contributed by atoms with Crippen LogP contribution in [-0.2, 0) is 35.1 Å². The SMILES string of the molecule is COCCOC(=O)NCC(NC(=O)C(C)Cc1nc(C)cs1)C(=O)NC(CC(C)C)C(O)CC(C)C(=O)NC(C(=O)NCC(C)C)C(C)C. The first kappa shape index (κ1) is 43.7. The molecule has 1 rings (SSSR count). The Bertz CT molecular complexity index is 1190. The van der Waals surface area contributed by atoms with E-state index in [-0.39, 0.29) is 49.8 Å². The summed E-state index contributed by atoms with van der Waals surface area (Å²) in [5.41, 5.74) is 0.856. The van der Waals surface area contributed by atoms with E-state index in [0.717, 1.165) is 10.7 Å². The van der Waals surface area contributed by atoms with Gasteiger partial charge in [0.2, 0.25) is 23.6 Å². The van der Waals surface area contributed by atoms with Crippen LogP contribution in [0, 0.1) is 36.5 Å². The lowest BCUT2D eigenvalue weighted by molar-refractivity contribution is -0.133. The van der Waals surface area contributed by atoms with Gasteiger partial charge >= 0.3 is 6.09 Å². The number of hydrogen-bond donors (Lipinski definition) is 6. The van der Waals surface area contributed by atoms with Crippen molar-refractivity contribution >= 4 is 41.1 Å². The number of amides is 5. The predicted octanol–water partition coefficient (Wildman–Crippen LogP) is 2.32. The average Bonchev–Trinajstić information content (AvgIpc) is 3.43. The van der Waals surface area contributed by atoms with E-state index in [9.17, 15) is 29.1 Å². The molecule has 0 bridgehead atoms. The van der Waals surface area contributed by atoms with Crippen molar-refractivity contribution < 1.29 is 38.6 Å². The first-order chi connectivity index (χ1) is 22.9. The molecule has 1 aromatic heterocycles. The molecule has 0 fully saturated rings. The number of aromatic nitrogens is 1. The highest BCUT2D eigenvalue weighted by molar-refractivity contribution is 7.09. The zero-order valence-corrected chi connectivity index (χ0v) is 31.7. The molecule has 15 heteroatoms. The Morgan fingerprint density at radius 2 is 1.45 bits per heavy atom. The van der Waals surface area contributed by atoms with Crippen molar-refractivity contribution in [1.29, 1.82) is 0 Å². The summed E-state index contributed by atoms with van der Waals surface area (Å²) in [4.78, 5) is 69.5. The first-order valence-corrected chi connectivity index (χ1v) is 18.0. The molecule has 5 amide bonds. The van der Waals surface area contributed by atoms with E-state index in [0.29, 0.717) is 19.4 Å². The molecule has 280 valence electrons. The highest BCUT2D eigenvalue weighted by Gasteiger charge is 2.32. The van der Waals surface area contributed by atoms with Gasteiger partial charge < -0.3 is 41.2 Å². The highest BCUT2D eigenvalue weighted by Crippen LogP contribution is 2.17. The Labute approximate surface area is 295 Å². The van der Waals surface area contributed by atoms with Crippen LogP contribution in [0.1, 0.15) is 78.9 Å². The fraction of sp³-hybridized carbons (Fsp3) is 0.765. The van der Waals surface area contributed by atoms with Gasteiger partial charge in [-0.05, 0) is 37.5 Å². The van der Waals surface area contributed by atoms with Crippen molar-refractivity contribution in [1.82, 2.24) is 31.6 Å². The van der Waals surface area contributed by atoms with Crippen LogP contribution in [0.3, 0.4) is 0 Å². The van der Waals surface area contributed by atoms with Crippen LogP contribution in [0.2, 0.25) is 0 Å². The predicted molar refractivity (Wildman–Crippen MR) is 189 cm³/mol. The number of nitrogens with zero attached hydrogens (tertiary/aromatic N) is 1. The summed E-state index contributed by atoms with van der Waals surface area (Å²) in [5.74, 6) is -2.74. The third-order valence-electron chi connectivity index (χ3n) is 7.69. The Morgan fingerprint density at radius 1 is 0.796 bits per heavy atom. The van der Waals surface area contributed by atoms with Crippen molar-refractivity contribution in [2.45, 2.75) is 106 Å². The number of carbonyl (C=O) groups is 5. The second-order valence-corrected chi connectivity index (χ2v) is 14.8. The molecule has 0 aromatic carbocycles. The largest absolute Gasteiger partial charge is 0.447 e. The van der Waals surface area contributed by atoms with E-state index in [1.807, 2.05) is 53.8 Å². The van der Waals surface area contributed by atoms with Crippen molar-refractivity contribution in [2.24, 2.45) is 29.6 Å². The Morgan fingerprint density at radius 3 is 2.00 bits per heavy atom. The van der Waals surface area contributed by atoms with E-state index < -0.39 is 59.9 Å². The molecular formula is C34H60N6O8S. The molecule has 1 aromatic rings. The number of ether oxygens (including phenoxy) is 2. The van der Waals surface area contributed by atoms with Crippen LogP contribution in [0.25, 0.3) is 0 Å². The van der Waals surface area contributed by atoms with Crippen molar-refractivity contribution in [3.63, 3.8) is 0 Å². The van der Waals surface area contributed by atoms with Crippen LogP contribution in [-0.4, -0.2) is 97.5 Å². The summed E-state index contributed by atoms with van der Waals surface area (Å²) < 4.78 is 9.92. The zero-order chi connectivity index (χ0) is 37.3. The molecule has 0 saturated heterocycles. The first-order valence-electron chi connectivity index (χ1n) is 17.1. The average molecular weight is 713 g/mol. The topological polar surface area (TPSA) is 197 Å². The number of hydrogen-bond acceptors (Lipinski definition) is 10. The molecule has 0 spiro atoms. The van der Waals surface area contributed by atoms with Crippen LogP contribution < -0.4 is 26.6 Å². The fourth-order valence-electron chi connectivity index (χ4n) is 4.81. The van der Waals surface area contributed by atoms with Crippen molar-refractivity contribution in [2.75, 3.05) is 33.4 Å². The molecule has 0 aliphatic rings. The van der Waals surface area contributed by atoms with Gasteiger partial charge in [0.15, 0.2) is 0 Å². The molecule has 49 heavy (non-hydrogen) atoms. The number of carbonyl (C=O) groups excluding carboxylic acids is 5. The van der Waals surface area contributed by atoms with Crippen LogP contribution in [0.4, 0.5) is 4.79 Å². The summed E-state index contributed by atoms with van der Waals surface area (Å²) in [6.07, 6.45) is -1.16. The van der Waals surface area contributed by atoms with Crippen LogP contribution in [0.5, 0.6) is 0 Å². The van der Waals surface area contributed by atoms with Gasteiger partial charge in [0.05, 0.1) is 30.3 Å². The summed E-state index contributed by atoms with van der Waals surface area (Å²) in [6, 6.07) is -2.71. The molecule has 0 aliphatic heterocycles. The Kier molecular flexibility index (Phi) is 20.0. The summed E-state index contributed by atoms with van der Waals surface area (Å²) in [6.45, 7) is 17.2. The number of rotatable bonds is 22. The molecule has 14 nitrogen and oxygen atoms in total. The van der Waals surface area contributed by atoms with Gasteiger partial charge in [-0.3, -0.25) is 19.2 Å². The highest BCUT2D eigenvalue weighted by atomic mass is 32.1. The monoisotopic (exact) mass is 712 g/mol. The molecule has 6 atom stereocenters. The van der Waals surface area contributed by atoms with Gasteiger partial charge in [0.1, 0.15) is 18.7 Å². The molecular weight excluding hydrogens is 652 g/mol. The molecule has 0 aliphatic carbocycles. The number of thiazole rings is 1. The lowest BCUT2D eigenvalue weighted by Gasteiger charge is -2.30. The second-order valence-electron chi connectivity index (χ2n) is 13.9. The normalized spacial score (nSPS) is 15.1. The van der Waals surface area contributed by atoms with Gasteiger partial charge in [-0.15, -0.1) is 11.3 Å². The van der Waals surface area contributed by atoms with Gasteiger partial charge in [0.25, 0.3) is 0 Å². The van der Waals surface area contributed by atoms with Gasteiger partial charge in [-0.1, -0.05) is 55.4 Å². The van der Waals surface area contributed by atoms with Gasteiger partial charge in [-0.25, -0.2) is 9.78 Å². The van der Waals surface area contributed by atoms with E-state index >= 15 is 0 Å². The number of aliphatic hydroxyl groups excluding tert-OH is 1. The van der Waals surface area contributed by atoms with E-state index in [4.69, 9.17) is 9.47 Å². The third-order valence-corrected chi connectivity index (χ3v) is 8.68. The minimum absolute atomic E-state index is 0.00473. The van der Waals surface area contributed by atoms with Crippen LogP contribution >= 0.6 is 11.3 Å².